The zero-order valence-electron chi connectivity index (χ0n) is 23.4. The number of carbonyl (C=O) groups is 1. The van der Waals surface area contributed by atoms with Crippen LogP contribution in [0.25, 0.3) is 10.9 Å². The van der Waals surface area contributed by atoms with Crippen LogP contribution < -0.4 is 9.47 Å². The van der Waals surface area contributed by atoms with E-state index in [0.717, 1.165) is 49.7 Å². The highest BCUT2D eigenvalue weighted by Gasteiger charge is 2.33. The maximum atomic E-state index is 13.8. The van der Waals surface area contributed by atoms with Crippen LogP contribution in [0.15, 0.2) is 113 Å². The first-order valence-electron chi connectivity index (χ1n) is 13.7. The molecule has 1 aliphatic rings. The van der Waals surface area contributed by atoms with E-state index in [4.69, 9.17) is 14.6 Å². The molecule has 212 valence electrons. The van der Waals surface area contributed by atoms with Crippen molar-refractivity contribution in [1.29, 1.82) is 0 Å². The monoisotopic (exact) mass is 579 g/mol. The van der Waals surface area contributed by atoms with Crippen molar-refractivity contribution >= 4 is 34.3 Å². The van der Waals surface area contributed by atoms with Gasteiger partial charge in [0.15, 0.2) is 0 Å². The van der Waals surface area contributed by atoms with Gasteiger partial charge in [-0.3, -0.25) is 4.79 Å². The number of benzene rings is 4. The Morgan fingerprint density at radius 1 is 0.929 bits per heavy atom. The Labute approximate surface area is 248 Å². The van der Waals surface area contributed by atoms with Gasteiger partial charge in [-0.2, -0.15) is 5.10 Å². The second-order valence-corrected chi connectivity index (χ2v) is 11.1. The van der Waals surface area contributed by atoms with Crippen LogP contribution in [0, 0.1) is 5.82 Å². The van der Waals surface area contributed by atoms with Gasteiger partial charge in [-0.1, -0.05) is 42.5 Å². The molecule has 1 aliphatic heterocycles. The Bertz CT molecular complexity index is 1750. The first-order valence-corrected chi connectivity index (χ1v) is 14.6. The lowest BCUT2D eigenvalue weighted by molar-refractivity contribution is -0.130. The summed E-state index contributed by atoms with van der Waals surface area (Å²) in [6.45, 7) is 0.536. The van der Waals surface area contributed by atoms with E-state index in [0.29, 0.717) is 13.0 Å². The first-order chi connectivity index (χ1) is 20.5. The SMILES string of the molecule is COc1ccc(C2=NN(C(=O)CSc3cn(Cc4cccc(F)c4)c4ccccc34)C(c3ccc(OC)cc3)C2)cc1. The molecule has 4 aromatic carbocycles. The summed E-state index contributed by atoms with van der Waals surface area (Å²) < 4.78 is 26.6. The van der Waals surface area contributed by atoms with Gasteiger partial charge in [-0.25, -0.2) is 9.40 Å². The molecule has 2 heterocycles. The number of rotatable bonds is 9. The molecular weight excluding hydrogens is 549 g/mol. The number of methoxy groups -OCH3 is 2. The van der Waals surface area contributed by atoms with Crippen molar-refractivity contribution in [3.63, 3.8) is 0 Å². The van der Waals surface area contributed by atoms with Crippen LogP contribution in [-0.4, -0.2) is 41.2 Å². The summed E-state index contributed by atoms with van der Waals surface area (Å²) in [6.07, 6.45) is 2.65. The van der Waals surface area contributed by atoms with Crippen molar-refractivity contribution < 1.29 is 18.7 Å². The number of hydrogen-bond acceptors (Lipinski definition) is 5. The maximum absolute atomic E-state index is 13.8. The van der Waals surface area contributed by atoms with E-state index >= 15 is 0 Å². The molecule has 1 aromatic heterocycles. The van der Waals surface area contributed by atoms with E-state index in [1.165, 1.54) is 17.8 Å². The number of fused-ring (bicyclic) bond motifs is 1. The Morgan fingerprint density at radius 2 is 1.64 bits per heavy atom. The molecule has 1 amide bonds. The fourth-order valence-corrected chi connectivity index (χ4v) is 6.22. The van der Waals surface area contributed by atoms with E-state index in [1.807, 2.05) is 79.0 Å². The molecule has 8 heteroatoms. The summed E-state index contributed by atoms with van der Waals surface area (Å²) in [4.78, 5) is 14.8. The molecule has 0 radical (unpaired) electrons. The molecule has 0 spiro atoms. The van der Waals surface area contributed by atoms with Gasteiger partial charge in [0, 0.05) is 35.0 Å². The fourth-order valence-electron chi connectivity index (χ4n) is 5.28. The molecule has 0 bridgehead atoms. The molecule has 1 unspecified atom stereocenters. The van der Waals surface area contributed by atoms with Gasteiger partial charge in [0.05, 0.1) is 31.7 Å². The third-order valence-electron chi connectivity index (χ3n) is 7.43. The van der Waals surface area contributed by atoms with Gasteiger partial charge in [-0.05, 0) is 71.3 Å². The smallest absolute Gasteiger partial charge is 0.253 e. The molecular formula is C34H30FN3O3S. The third kappa shape index (κ3) is 5.76. The van der Waals surface area contributed by atoms with Crippen LogP contribution in [0.4, 0.5) is 4.39 Å². The average molecular weight is 580 g/mol. The van der Waals surface area contributed by atoms with E-state index in [2.05, 4.69) is 10.6 Å². The number of halogens is 1. The zero-order valence-corrected chi connectivity index (χ0v) is 24.2. The Balaban J connectivity index is 1.26. The van der Waals surface area contributed by atoms with Gasteiger partial charge < -0.3 is 14.0 Å². The Kier molecular flexibility index (Phi) is 7.97. The standard InChI is InChI=1S/C34H30FN3O3S/c1-40-27-14-10-24(11-15-27)30-19-32(25-12-16-28(41-2)17-13-25)38(36-30)34(39)22-42-33-21-37(31-9-4-3-8-29(31)33)20-23-6-5-7-26(35)18-23/h3-18,21,32H,19-20,22H2,1-2H3. The number of nitrogens with zero attached hydrogens (tertiary/aromatic N) is 3. The largest absolute Gasteiger partial charge is 0.497 e. The summed E-state index contributed by atoms with van der Waals surface area (Å²) in [5.74, 6) is 1.42. The van der Waals surface area contributed by atoms with E-state index < -0.39 is 0 Å². The number of hydrogen-bond donors (Lipinski definition) is 0. The fraction of sp³-hybridized carbons (Fsp3) is 0.176. The summed E-state index contributed by atoms with van der Waals surface area (Å²) in [7, 11) is 3.27. The predicted molar refractivity (Wildman–Crippen MR) is 165 cm³/mol. The molecule has 42 heavy (non-hydrogen) atoms. The van der Waals surface area contributed by atoms with Crippen molar-refractivity contribution in [1.82, 2.24) is 9.58 Å². The van der Waals surface area contributed by atoms with Crippen molar-refractivity contribution in [2.45, 2.75) is 23.9 Å². The van der Waals surface area contributed by atoms with Gasteiger partial charge in [0.2, 0.25) is 0 Å². The van der Waals surface area contributed by atoms with Crippen molar-refractivity contribution in [2.24, 2.45) is 5.10 Å². The number of amides is 1. The maximum Gasteiger partial charge on any atom is 0.253 e. The number of hydrazone groups is 1. The number of carbonyl (C=O) groups excluding carboxylic acids is 1. The van der Waals surface area contributed by atoms with Gasteiger partial charge in [-0.15, -0.1) is 11.8 Å². The second-order valence-electron chi connectivity index (χ2n) is 10.1. The molecule has 1 atom stereocenters. The third-order valence-corrected chi connectivity index (χ3v) is 8.46. The lowest BCUT2D eigenvalue weighted by Crippen LogP contribution is -2.28. The normalized spacial score (nSPS) is 14.7. The van der Waals surface area contributed by atoms with Crippen LogP contribution in [0.5, 0.6) is 11.5 Å². The van der Waals surface area contributed by atoms with Crippen LogP contribution in [0.3, 0.4) is 0 Å². The molecule has 0 saturated carbocycles. The molecule has 0 aliphatic carbocycles. The minimum absolute atomic E-state index is 0.0775. The van der Waals surface area contributed by atoms with Crippen LogP contribution >= 0.6 is 11.8 Å². The van der Waals surface area contributed by atoms with Crippen LogP contribution in [0.1, 0.15) is 29.2 Å². The van der Waals surface area contributed by atoms with Crippen molar-refractivity contribution in [2.75, 3.05) is 20.0 Å². The highest BCUT2D eigenvalue weighted by atomic mass is 32.2. The van der Waals surface area contributed by atoms with E-state index in [-0.39, 0.29) is 23.5 Å². The molecule has 0 saturated heterocycles. The molecule has 5 aromatic rings. The lowest BCUT2D eigenvalue weighted by atomic mass is 9.98. The number of thioether (sulfide) groups is 1. The van der Waals surface area contributed by atoms with Gasteiger partial charge >= 0.3 is 0 Å². The highest BCUT2D eigenvalue weighted by molar-refractivity contribution is 8.00. The summed E-state index contributed by atoms with van der Waals surface area (Å²) in [6, 6.07) is 30.0. The molecule has 6 rings (SSSR count). The average Bonchev–Trinajstić information content (AvgIpc) is 3.62. The minimum Gasteiger partial charge on any atom is -0.497 e. The summed E-state index contributed by atoms with van der Waals surface area (Å²) >= 11 is 1.49. The Hall–Kier alpha value is -4.56. The topological polar surface area (TPSA) is 56.1 Å². The quantitative estimate of drug-likeness (QED) is 0.172. The van der Waals surface area contributed by atoms with Gasteiger partial charge in [0.1, 0.15) is 17.3 Å². The molecule has 0 fully saturated rings. The molecule has 0 N–H and O–H groups in total. The van der Waals surface area contributed by atoms with Crippen molar-refractivity contribution in [3.05, 3.63) is 126 Å². The summed E-state index contributed by atoms with van der Waals surface area (Å²) in [5.41, 5.74) is 4.71. The van der Waals surface area contributed by atoms with E-state index in [1.54, 1.807) is 31.4 Å². The number of ether oxygens (including phenoxy) is 2. The van der Waals surface area contributed by atoms with E-state index in [9.17, 15) is 9.18 Å². The minimum atomic E-state index is -0.254. The lowest BCUT2D eigenvalue weighted by Gasteiger charge is -2.22. The van der Waals surface area contributed by atoms with Crippen LogP contribution in [0.2, 0.25) is 0 Å². The van der Waals surface area contributed by atoms with Crippen molar-refractivity contribution in [3.8, 4) is 11.5 Å². The van der Waals surface area contributed by atoms with Crippen LogP contribution in [-0.2, 0) is 11.3 Å². The summed E-state index contributed by atoms with van der Waals surface area (Å²) in [5, 5.41) is 7.52. The second kappa shape index (κ2) is 12.1. The Morgan fingerprint density at radius 3 is 2.36 bits per heavy atom. The highest BCUT2D eigenvalue weighted by Crippen LogP contribution is 2.36. The number of aromatic nitrogens is 1. The molecule has 6 nitrogen and oxygen atoms in total. The predicted octanol–water partition coefficient (Wildman–Crippen LogP) is 7.32. The van der Waals surface area contributed by atoms with Gasteiger partial charge in [0.25, 0.3) is 5.91 Å². The first kappa shape index (κ1) is 27.6. The number of para-hydroxylation sites is 1. The zero-order chi connectivity index (χ0) is 29.1.